The van der Waals surface area contributed by atoms with Crippen molar-refractivity contribution >= 4 is 17.9 Å². The highest BCUT2D eigenvalue weighted by Crippen LogP contribution is 2.11. The SMILES string of the molecule is CCOC(=O)N1CCN(C(=O)[C@@H](C)NC(=O)c2ccc(C)c(C)c2)CC1. The van der Waals surface area contributed by atoms with E-state index in [1.165, 1.54) is 0 Å². The summed E-state index contributed by atoms with van der Waals surface area (Å²) in [6.07, 6.45) is -0.351. The molecule has 1 heterocycles. The Morgan fingerprint density at radius 1 is 1.08 bits per heavy atom. The van der Waals surface area contributed by atoms with Crippen LogP contribution in [0.3, 0.4) is 0 Å². The number of benzene rings is 1. The molecule has 26 heavy (non-hydrogen) atoms. The number of nitrogens with zero attached hydrogens (tertiary/aromatic N) is 2. The molecule has 0 bridgehead atoms. The van der Waals surface area contributed by atoms with Gasteiger partial charge in [-0.15, -0.1) is 0 Å². The average molecular weight is 361 g/mol. The Labute approximate surface area is 154 Å². The number of amides is 3. The van der Waals surface area contributed by atoms with Gasteiger partial charge in [-0.1, -0.05) is 6.07 Å². The lowest BCUT2D eigenvalue weighted by Crippen LogP contribution is -2.55. The molecule has 1 aliphatic heterocycles. The first-order chi connectivity index (χ1) is 12.3. The van der Waals surface area contributed by atoms with Crippen LogP contribution in [0.15, 0.2) is 18.2 Å². The molecule has 2 rings (SSSR count). The number of hydrogen-bond donors (Lipinski definition) is 1. The summed E-state index contributed by atoms with van der Waals surface area (Å²) >= 11 is 0. The molecule has 0 radical (unpaired) electrons. The fourth-order valence-corrected chi connectivity index (χ4v) is 2.82. The number of ether oxygens (including phenoxy) is 1. The number of carbonyl (C=O) groups is 3. The van der Waals surface area contributed by atoms with E-state index < -0.39 is 6.04 Å². The van der Waals surface area contributed by atoms with E-state index in [4.69, 9.17) is 4.74 Å². The summed E-state index contributed by atoms with van der Waals surface area (Å²) in [6, 6.07) is 4.84. The van der Waals surface area contributed by atoms with Crippen LogP contribution in [0.5, 0.6) is 0 Å². The van der Waals surface area contributed by atoms with Crippen molar-refractivity contribution in [2.24, 2.45) is 0 Å². The maximum atomic E-state index is 12.6. The summed E-state index contributed by atoms with van der Waals surface area (Å²) in [7, 11) is 0. The summed E-state index contributed by atoms with van der Waals surface area (Å²) in [5.74, 6) is -0.412. The van der Waals surface area contributed by atoms with Crippen LogP contribution in [0.25, 0.3) is 0 Å². The van der Waals surface area contributed by atoms with Crippen LogP contribution in [-0.2, 0) is 9.53 Å². The van der Waals surface area contributed by atoms with Gasteiger partial charge in [-0.2, -0.15) is 0 Å². The molecule has 0 aliphatic carbocycles. The van der Waals surface area contributed by atoms with E-state index in [0.717, 1.165) is 11.1 Å². The number of aryl methyl sites for hydroxylation is 2. The van der Waals surface area contributed by atoms with Crippen LogP contribution >= 0.6 is 0 Å². The monoisotopic (exact) mass is 361 g/mol. The van der Waals surface area contributed by atoms with Gasteiger partial charge in [0.25, 0.3) is 5.91 Å². The topological polar surface area (TPSA) is 79.0 Å². The summed E-state index contributed by atoms with van der Waals surface area (Å²) in [4.78, 5) is 39.9. The van der Waals surface area contributed by atoms with Gasteiger partial charge < -0.3 is 19.9 Å². The second-order valence-electron chi connectivity index (χ2n) is 6.51. The molecule has 7 nitrogen and oxygen atoms in total. The molecule has 7 heteroatoms. The lowest BCUT2D eigenvalue weighted by molar-refractivity contribution is -0.134. The molecular weight excluding hydrogens is 334 g/mol. The summed E-state index contributed by atoms with van der Waals surface area (Å²) in [6.45, 7) is 9.44. The minimum absolute atomic E-state index is 0.148. The van der Waals surface area contributed by atoms with Crippen molar-refractivity contribution in [2.45, 2.75) is 33.7 Å². The normalized spacial score (nSPS) is 15.4. The van der Waals surface area contributed by atoms with Gasteiger partial charge >= 0.3 is 6.09 Å². The van der Waals surface area contributed by atoms with E-state index in [-0.39, 0.29) is 17.9 Å². The molecule has 0 saturated carbocycles. The van der Waals surface area contributed by atoms with E-state index in [1.54, 1.807) is 29.7 Å². The molecule has 1 aromatic carbocycles. The highest BCUT2D eigenvalue weighted by molar-refractivity contribution is 5.97. The minimum atomic E-state index is -0.627. The summed E-state index contributed by atoms with van der Waals surface area (Å²) < 4.78 is 4.97. The predicted molar refractivity (Wildman–Crippen MR) is 98.0 cm³/mol. The largest absolute Gasteiger partial charge is 0.450 e. The standard InChI is InChI=1S/C19H27N3O4/c1-5-26-19(25)22-10-8-21(9-11-22)18(24)15(4)20-17(23)16-7-6-13(2)14(3)12-16/h6-7,12,15H,5,8-11H2,1-4H3,(H,20,23)/t15-/m1/s1. The van der Waals surface area contributed by atoms with E-state index in [2.05, 4.69) is 5.32 Å². The van der Waals surface area contributed by atoms with E-state index in [1.807, 2.05) is 26.0 Å². The quantitative estimate of drug-likeness (QED) is 0.886. The van der Waals surface area contributed by atoms with Crippen molar-refractivity contribution in [3.05, 3.63) is 34.9 Å². The molecule has 0 spiro atoms. The van der Waals surface area contributed by atoms with E-state index in [0.29, 0.717) is 38.3 Å². The van der Waals surface area contributed by atoms with E-state index >= 15 is 0 Å². The smallest absolute Gasteiger partial charge is 0.409 e. The van der Waals surface area contributed by atoms with Crippen LogP contribution < -0.4 is 5.32 Å². The van der Waals surface area contributed by atoms with Gasteiger partial charge in [0.1, 0.15) is 6.04 Å². The average Bonchev–Trinajstić information content (AvgIpc) is 2.63. The Balaban J connectivity index is 1.88. The lowest BCUT2D eigenvalue weighted by atomic mass is 10.1. The third-order valence-electron chi connectivity index (χ3n) is 4.60. The van der Waals surface area contributed by atoms with Gasteiger partial charge in [0, 0.05) is 31.7 Å². The molecule has 1 aromatic rings. The van der Waals surface area contributed by atoms with Crippen molar-refractivity contribution in [3.63, 3.8) is 0 Å². The number of rotatable bonds is 4. The van der Waals surface area contributed by atoms with Crippen LogP contribution in [-0.4, -0.2) is 66.5 Å². The summed E-state index contributed by atoms with van der Waals surface area (Å²) in [5.41, 5.74) is 2.69. The first-order valence-corrected chi connectivity index (χ1v) is 8.92. The highest BCUT2D eigenvalue weighted by Gasteiger charge is 2.28. The van der Waals surface area contributed by atoms with Crippen molar-refractivity contribution < 1.29 is 19.1 Å². The van der Waals surface area contributed by atoms with Crippen LogP contribution in [0.4, 0.5) is 4.79 Å². The number of piperazine rings is 1. The van der Waals surface area contributed by atoms with Crippen LogP contribution in [0.1, 0.15) is 35.3 Å². The number of nitrogens with one attached hydrogen (secondary N) is 1. The third kappa shape index (κ3) is 4.74. The van der Waals surface area contributed by atoms with Gasteiger partial charge in [-0.25, -0.2) is 4.79 Å². The number of carbonyl (C=O) groups excluding carboxylic acids is 3. The molecule has 0 unspecified atom stereocenters. The Bertz CT molecular complexity index is 681. The third-order valence-corrected chi connectivity index (χ3v) is 4.60. The first-order valence-electron chi connectivity index (χ1n) is 8.92. The van der Waals surface area contributed by atoms with Gasteiger partial charge in [-0.05, 0) is 51.0 Å². The Hall–Kier alpha value is -2.57. The minimum Gasteiger partial charge on any atom is -0.450 e. The molecular formula is C19H27N3O4. The first kappa shape index (κ1) is 19.8. The zero-order chi connectivity index (χ0) is 19.3. The zero-order valence-corrected chi connectivity index (χ0v) is 15.9. The van der Waals surface area contributed by atoms with Gasteiger partial charge in [0.2, 0.25) is 5.91 Å². The molecule has 1 N–H and O–H groups in total. The maximum Gasteiger partial charge on any atom is 0.409 e. The van der Waals surface area contributed by atoms with Crippen molar-refractivity contribution in [1.29, 1.82) is 0 Å². The molecule has 142 valence electrons. The van der Waals surface area contributed by atoms with Crippen molar-refractivity contribution in [2.75, 3.05) is 32.8 Å². The van der Waals surface area contributed by atoms with E-state index in [9.17, 15) is 14.4 Å². The molecule has 1 saturated heterocycles. The second kappa shape index (κ2) is 8.69. The predicted octanol–water partition coefficient (Wildman–Crippen LogP) is 1.72. The summed E-state index contributed by atoms with van der Waals surface area (Å²) in [5, 5.41) is 2.76. The molecule has 3 amide bonds. The number of hydrogen-bond acceptors (Lipinski definition) is 4. The molecule has 1 atom stereocenters. The van der Waals surface area contributed by atoms with Crippen LogP contribution in [0.2, 0.25) is 0 Å². The van der Waals surface area contributed by atoms with Gasteiger partial charge in [0.05, 0.1) is 6.61 Å². The van der Waals surface area contributed by atoms with Gasteiger partial charge in [-0.3, -0.25) is 9.59 Å². The fourth-order valence-electron chi connectivity index (χ4n) is 2.82. The molecule has 1 fully saturated rings. The maximum absolute atomic E-state index is 12.6. The van der Waals surface area contributed by atoms with Crippen LogP contribution in [0, 0.1) is 13.8 Å². The Kier molecular flexibility index (Phi) is 6.60. The lowest BCUT2D eigenvalue weighted by Gasteiger charge is -2.35. The Morgan fingerprint density at radius 2 is 1.69 bits per heavy atom. The van der Waals surface area contributed by atoms with Crippen molar-refractivity contribution in [3.8, 4) is 0 Å². The second-order valence-corrected chi connectivity index (χ2v) is 6.51. The zero-order valence-electron chi connectivity index (χ0n) is 15.9. The van der Waals surface area contributed by atoms with Crippen molar-refractivity contribution in [1.82, 2.24) is 15.1 Å². The molecule has 1 aliphatic rings. The molecule has 0 aromatic heterocycles. The Morgan fingerprint density at radius 3 is 2.27 bits per heavy atom. The highest BCUT2D eigenvalue weighted by atomic mass is 16.6. The fraction of sp³-hybridized carbons (Fsp3) is 0.526. The van der Waals surface area contributed by atoms with Gasteiger partial charge in [0.15, 0.2) is 0 Å².